The van der Waals surface area contributed by atoms with Gasteiger partial charge >= 0.3 is 0 Å². The number of aryl methyl sites for hydroxylation is 1. The molecule has 152 valence electrons. The van der Waals surface area contributed by atoms with Crippen LogP contribution in [-0.2, 0) is 4.79 Å². The van der Waals surface area contributed by atoms with Crippen molar-refractivity contribution >= 4 is 23.5 Å². The molecule has 1 saturated carbocycles. The molecule has 2 aromatic rings. The Labute approximate surface area is 170 Å². The average molecular weight is 393 g/mol. The standard InChI is InChI=1S/C22H27N5O2/c1-12-9-10-24-22(25-12)26-19-13(2)20(15-5-6-15)27(14(3)28)18-8-7-16(11-17(18)19)21(29)23-4/h7-11,13,15,19-20H,5-6H2,1-4H3,(H,23,29)(H,24,25,26)/t13-,19-,20-/m1/s1. The number of hydrogen-bond acceptors (Lipinski definition) is 5. The number of anilines is 2. The van der Waals surface area contributed by atoms with Crippen molar-refractivity contribution in [2.45, 2.75) is 45.7 Å². The first-order valence-corrected chi connectivity index (χ1v) is 10.1. The van der Waals surface area contributed by atoms with Crippen LogP contribution < -0.4 is 15.5 Å². The number of carbonyl (C=O) groups excluding carboxylic acids is 2. The van der Waals surface area contributed by atoms with Crippen molar-refractivity contribution in [3.05, 3.63) is 47.3 Å². The van der Waals surface area contributed by atoms with E-state index in [2.05, 4.69) is 27.5 Å². The van der Waals surface area contributed by atoms with E-state index in [1.807, 2.05) is 30.0 Å². The third-order valence-corrected chi connectivity index (χ3v) is 6.00. The third-order valence-electron chi connectivity index (χ3n) is 6.00. The summed E-state index contributed by atoms with van der Waals surface area (Å²) in [7, 11) is 1.62. The second-order valence-electron chi connectivity index (χ2n) is 8.07. The van der Waals surface area contributed by atoms with Gasteiger partial charge in [-0.3, -0.25) is 9.59 Å². The summed E-state index contributed by atoms with van der Waals surface area (Å²) in [5, 5.41) is 6.17. The number of nitrogens with one attached hydrogen (secondary N) is 2. The lowest BCUT2D eigenvalue weighted by Crippen LogP contribution is -2.51. The van der Waals surface area contributed by atoms with E-state index >= 15 is 0 Å². The van der Waals surface area contributed by atoms with Crippen molar-refractivity contribution in [2.75, 3.05) is 17.3 Å². The smallest absolute Gasteiger partial charge is 0.251 e. The Balaban J connectivity index is 1.83. The van der Waals surface area contributed by atoms with E-state index in [9.17, 15) is 9.59 Å². The highest BCUT2D eigenvalue weighted by atomic mass is 16.2. The Morgan fingerprint density at radius 2 is 1.97 bits per heavy atom. The third kappa shape index (κ3) is 3.57. The summed E-state index contributed by atoms with van der Waals surface area (Å²) >= 11 is 0. The fourth-order valence-corrected chi connectivity index (χ4v) is 4.51. The number of hydrogen-bond donors (Lipinski definition) is 2. The molecule has 7 heteroatoms. The van der Waals surface area contributed by atoms with Crippen molar-refractivity contribution in [1.82, 2.24) is 15.3 Å². The predicted molar refractivity (Wildman–Crippen MR) is 112 cm³/mol. The quantitative estimate of drug-likeness (QED) is 0.834. The van der Waals surface area contributed by atoms with Gasteiger partial charge in [-0.2, -0.15) is 0 Å². The molecule has 0 unspecified atom stereocenters. The van der Waals surface area contributed by atoms with Crippen LogP contribution >= 0.6 is 0 Å². The van der Waals surface area contributed by atoms with Crippen LogP contribution in [-0.4, -0.2) is 34.9 Å². The average Bonchev–Trinajstić information content (AvgIpc) is 3.53. The molecule has 7 nitrogen and oxygen atoms in total. The molecule has 2 aliphatic rings. The van der Waals surface area contributed by atoms with Gasteiger partial charge in [0.2, 0.25) is 11.9 Å². The molecule has 0 radical (unpaired) electrons. The maximum Gasteiger partial charge on any atom is 0.251 e. The van der Waals surface area contributed by atoms with Gasteiger partial charge in [-0.05, 0) is 55.5 Å². The molecular formula is C22H27N5O2. The second kappa shape index (κ2) is 7.46. The molecule has 29 heavy (non-hydrogen) atoms. The number of rotatable bonds is 4. The van der Waals surface area contributed by atoms with E-state index < -0.39 is 0 Å². The van der Waals surface area contributed by atoms with Crippen molar-refractivity contribution in [3.8, 4) is 0 Å². The lowest BCUT2D eigenvalue weighted by atomic mass is 9.79. The zero-order chi connectivity index (χ0) is 20.7. The molecule has 0 bridgehead atoms. The normalized spacial score (nSPS) is 23.3. The van der Waals surface area contributed by atoms with Gasteiger partial charge < -0.3 is 15.5 Å². The molecule has 0 spiro atoms. The van der Waals surface area contributed by atoms with E-state index in [-0.39, 0.29) is 29.8 Å². The number of benzene rings is 1. The van der Waals surface area contributed by atoms with Crippen molar-refractivity contribution in [1.29, 1.82) is 0 Å². The highest BCUT2D eigenvalue weighted by Crippen LogP contribution is 2.50. The Morgan fingerprint density at radius 3 is 2.59 bits per heavy atom. The summed E-state index contributed by atoms with van der Waals surface area (Å²) < 4.78 is 0. The molecule has 1 aliphatic heterocycles. The summed E-state index contributed by atoms with van der Waals surface area (Å²) in [6.07, 6.45) is 4.01. The summed E-state index contributed by atoms with van der Waals surface area (Å²) in [6, 6.07) is 7.45. The second-order valence-corrected chi connectivity index (χ2v) is 8.07. The summed E-state index contributed by atoms with van der Waals surface area (Å²) in [4.78, 5) is 35.7. The van der Waals surface area contributed by atoms with E-state index in [1.54, 1.807) is 26.2 Å². The van der Waals surface area contributed by atoms with Crippen molar-refractivity contribution < 1.29 is 9.59 Å². The molecule has 1 fully saturated rings. The molecule has 1 aromatic heterocycles. The Morgan fingerprint density at radius 1 is 1.21 bits per heavy atom. The molecule has 2 amide bonds. The van der Waals surface area contributed by atoms with Crippen LogP contribution in [0.3, 0.4) is 0 Å². The molecule has 1 aromatic carbocycles. The zero-order valence-corrected chi connectivity index (χ0v) is 17.3. The molecule has 1 aliphatic carbocycles. The Hall–Kier alpha value is -2.96. The van der Waals surface area contributed by atoms with Crippen LogP contribution in [0.15, 0.2) is 30.5 Å². The van der Waals surface area contributed by atoms with Crippen LogP contribution in [0.2, 0.25) is 0 Å². The van der Waals surface area contributed by atoms with E-state index in [4.69, 9.17) is 0 Å². The van der Waals surface area contributed by atoms with Gasteiger partial charge in [0.05, 0.1) is 6.04 Å². The number of nitrogens with zero attached hydrogens (tertiary/aromatic N) is 3. The highest BCUT2D eigenvalue weighted by molar-refractivity contribution is 5.98. The first-order chi connectivity index (χ1) is 13.9. The number of carbonyl (C=O) groups is 2. The van der Waals surface area contributed by atoms with Crippen LogP contribution in [0, 0.1) is 18.8 Å². The maximum atomic E-state index is 12.6. The van der Waals surface area contributed by atoms with E-state index in [0.29, 0.717) is 17.4 Å². The SMILES string of the molecule is CNC(=O)c1ccc2c(c1)[C@H](Nc1nccc(C)n1)[C@@H](C)[C@H](C1CC1)N2C(C)=O. The highest BCUT2D eigenvalue weighted by Gasteiger charge is 2.47. The Kier molecular flexibility index (Phi) is 4.98. The van der Waals surface area contributed by atoms with Gasteiger partial charge in [0.1, 0.15) is 0 Å². The van der Waals surface area contributed by atoms with E-state index in [1.165, 1.54) is 0 Å². The largest absolute Gasteiger partial charge is 0.355 e. The van der Waals surface area contributed by atoms with Gasteiger partial charge in [-0.15, -0.1) is 0 Å². The topological polar surface area (TPSA) is 87.2 Å². The lowest BCUT2D eigenvalue weighted by molar-refractivity contribution is -0.117. The first kappa shape index (κ1) is 19.4. The fraction of sp³-hybridized carbons (Fsp3) is 0.455. The summed E-state index contributed by atoms with van der Waals surface area (Å²) in [5.74, 6) is 1.09. The minimum absolute atomic E-state index is 0.0351. The molecule has 2 heterocycles. The Bertz CT molecular complexity index is 956. The van der Waals surface area contributed by atoms with Gasteiger partial charge in [0.15, 0.2) is 0 Å². The summed E-state index contributed by atoms with van der Waals surface area (Å²) in [5.41, 5.74) is 3.25. The maximum absolute atomic E-state index is 12.6. The summed E-state index contributed by atoms with van der Waals surface area (Å²) in [6.45, 7) is 5.72. The van der Waals surface area contributed by atoms with Gasteiger partial charge in [0.25, 0.3) is 5.91 Å². The van der Waals surface area contributed by atoms with Crippen molar-refractivity contribution in [2.24, 2.45) is 11.8 Å². The van der Waals surface area contributed by atoms with Crippen LogP contribution in [0.1, 0.15) is 54.3 Å². The van der Waals surface area contributed by atoms with Crippen LogP contribution in [0.5, 0.6) is 0 Å². The monoisotopic (exact) mass is 393 g/mol. The predicted octanol–water partition coefficient (Wildman–Crippen LogP) is 3.08. The minimum Gasteiger partial charge on any atom is -0.355 e. The van der Waals surface area contributed by atoms with Gasteiger partial charge in [-0.1, -0.05) is 6.92 Å². The zero-order valence-electron chi connectivity index (χ0n) is 17.3. The molecular weight excluding hydrogens is 366 g/mol. The molecule has 2 N–H and O–H groups in total. The minimum atomic E-state index is -0.148. The molecule has 4 rings (SSSR count). The van der Waals surface area contributed by atoms with Gasteiger partial charge in [0, 0.05) is 49.1 Å². The van der Waals surface area contributed by atoms with Crippen molar-refractivity contribution in [3.63, 3.8) is 0 Å². The molecule has 0 saturated heterocycles. The van der Waals surface area contributed by atoms with Crippen LogP contribution in [0.4, 0.5) is 11.6 Å². The van der Waals surface area contributed by atoms with Crippen LogP contribution in [0.25, 0.3) is 0 Å². The number of amides is 2. The molecule has 3 atom stereocenters. The van der Waals surface area contributed by atoms with E-state index in [0.717, 1.165) is 29.8 Å². The first-order valence-electron chi connectivity index (χ1n) is 10.1. The fourth-order valence-electron chi connectivity index (χ4n) is 4.51. The number of aromatic nitrogens is 2. The number of fused-ring (bicyclic) bond motifs is 1. The lowest BCUT2D eigenvalue weighted by Gasteiger charge is -2.45. The van der Waals surface area contributed by atoms with Gasteiger partial charge in [-0.25, -0.2) is 9.97 Å².